The molecule has 0 rings (SSSR count). The Morgan fingerprint density at radius 1 is 0.870 bits per heavy atom. The number of rotatable bonds is 9. The Morgan fingerprint density at radius 3 is 1.65 bits per heavy atom. The van der Waals surface area contributed by atoms with Crippen molar-refractivity contribution >= 4 is 11.8 Å². The predicted molar refractivity (Wildman–Crippen MR) is 103 cm³/mol. The number of hydrogen-bond donors (Lipinski definition) is 0. The molecule has 0 aromatic heterocycles. The summed E-state index contributed by atoms with van der Waals surface area (Å²) in [6.45, 7) is 19.5. The summed E-state index contributed by atoms with van der Waals surface area (Å²) in [5.41, 5.74) is 0. The first-order valence-corrected chi connectivity index (χ1v) is 9.71. The van der Waals surface area contributed by atoms with E-state index in [2.05, 4.69) is 0 Å². The lowest BCUT2D eigenvalue weighted by atomic mass is 10.0. The maximum absolute atomic E-state index is 11.7. The van der Waals surface area contributed by atoms with Crippen LogP contribution in [-0.2, 0) is 14.3 Å². The zero-order valence-corrected chi connectivity index (χ0v) is 17.6. The Kier molecular flexibility index (Phi) is 34.1. The Bertz CT molecular complexity index is 233. The highest BCUT2D eigenvalue weighted by Crippen LogP contribution is 2.13. The third-order valence-corrected chi connectivity index (χ3v) is 3.03. The first-order chi connectivity index (χ1) is 11.0. The van der Waals surface area contributed by atoms with Gasteiger partial charge in [0.25, 0.3) is 0 Å². The molecule has 0 aliphatic heterocycles. The van der Waals surface area contributed by atoms with Crippen molar-refractivity contribution in [1.29, 1.82) is 0 Å². The molecule has 142 valence electrons. The Balaban J connectivity index is -0.000000267. The van der Waals surface area contributed by atoms with Crippen LogP contribution in [-0.4, -0.2) is 17.9 Å². The number of Topliss-reactive ketones (excluding diaryl/α,β-unsaturated/α-hetero) is 1. The SMILES string of the molecule is CC.CC.CC.CCC(CC)C(=O)OC(C)CCCCC(C)=O. The summed E-state index contributed by atoms with van der Waals surface area (Å²) in [7, 11) is 0. The van der Waals surface area contributed by atoms with Gasteiger partial charge in [-0.05, 0) is 46.0 Å². The summed E-state index contributed by atoms with van der Waals surface area (Å²) < 4.78 is 5.38. The minimum Gasteiger partial charge on any atom is -0.462 e. The number of ether oxygens (including phenoxy) is 1. The van der Waals surface area contributed by atoms with Crippen molar-refractivity contribution in [2.45, 2.75) is 114 Å². The van der Waals surface area contributed by atoms with Gasteiger partial charge in [-0.3, -0.25) is 4.79 Å². The number of esters is 1. The lowest BCUT2D eigenvalue weighted by Gasteiger charge is -2.17. The van der Waals surface area contributed by atoms with Crippen LogP contribution in [0.1, 0.15) is 108 Å². The Morgan fingerprint density at radius 2 is 1.30 bits per heavy atom. The molecule has 1 atom stereocenters. The second-order valence-electron chi connectivity index (χ2n) is 4.71. The predicted octanol–water partition coefficient (Wildman–Crippen LogP) is 6.58. The molecule has 0 bridgehead atoms. The lowest BCUT2D eigenvalue weighted by molar-refractivity contribution is -0.153. The monoisotopic (exact) mass is 332 g/mol. The van der Waals surface area contributed by atoms with Gasteiger partial charge in [0.1, 0.15) is 5.78 Å². The number of unbranched alkanes of at least 4 members (excludes halogenated alkanes) is 1. The van der Waals surface area contributed by atoms with E-state index in [-0.39, 0.29) is 23.8 Å². The summed E-state index contributed by atoms with van der Waals surface area (Å²) in [4.78, 5) is 22.4. The molecule has 0 fully saturated rings. The maximum atomic E-state index is 11.7. The second kappa shape index (κ2) is 26.1. The molecule has 0 aromatic carbocycles. The topological polar surface area (TPSA) is 43.4 Å². The molecule has 0 amide bonds. The summed E-state index contributed by atoms with van der Waals surface area (Å²) in [6.07, 6.45) is 4.96. The van der Waals surface area contributed by atoms with Crippen molar-refractivity contribution in [3.63, 3.8) is 0 Å². The number of hydrogen-bond acceptors (Lipinski definition) is 3. The fourth-order valence-electron chi connectivity index (χ4n) is 1.78. The molecule has 0 aliphatic carbocycles. The zero-order chi connectivity index (χ0) is 19.3. The average Bonchev–Trinajstić information content (AvgIpc) is 2.58. The van der Waals surface area contributed by atoms with Gasteiger partial charge >= 0.3 is 5.97 Å². The lowest BCUT2D eigenvalue weighted by Crippen LogP contribution is -2.21. The van der Waals surface area contributed by atoms with Gasteiger partial charge in [0.15, 0.2) is 0 Å². The van der Waals surface area contributed by atoms with Crippen LogP contribution < -0.4 is 0 Å². The number of ketones is 1. The van der Waals surface area contributed by atoms with E-state index in [1.165, 1.54) is 0 Å². The Hall–Kier alpha value is -0.860. The van der Waals surface area contributed by atoms with Crippen LogP contribution in [0.15, 0.2) is 0 Å². The quantitative estimate of drug-likeness (QED) is 0.353. The first-order valence-electron chi connectivity index (χ1n) is 9.71. The van der Waals surface area contributed by atoms with Crippen LogP contribution in [0, 0.1) is 5.92 Å². The third kappa shape index (κ3) is 23.5. The van der Waals surface area contributed by atoms with Crippen molar-refractivity contribution in [1.82, 2.24) is 0 Å². The van der Waals surface area contributed by atoms with E-state index < -0.39 is 0 Å². The average molecular weight is 333 g/mol. The van der Waals surface area contributed by atoms with Crippen molar-refractivity contribution in [2.75, 3.05) is 0 Å². The van der Waals surface area contributed by atoms with E-state index >= 15 is 0 Å². The number of carbonyl (C=O) groups is 2. The van der Waals surface area contributed by atoms with Crippen LogP contribution in [0.5, 0.6) is 0 Å². The fraction of sp³-hybridized carbons (Fsp3) is 0.900. The Labute approximate surface area is 146 Å². The molecule has 23 heavy (non-hydrogen) atoms. The van der Waals surface area contributed by atoms with E-state index in [4.69, 9.17) is 4.74 Å². The van der Waals surface area contributed by atoms with Gasteiger partial charge in [-0.2, -0.15) is 0 Å². The molecule has 0 spiro atoms. The maximum Gasteiger partial charge on any atom is 0.309 e. The highest BCUT2D eigenvalue weighted by Gasteiger charge is 2.18. The van der Waals surface area contributed by atoms with Crippen LogP contribution in [0.2, 0.25) is 0 Å². The largest absolute Gasteiger partial charge is 0.462 e. The fourth-order valence-corrected chi connectivity index (χ4v) is 1.78. The molecule has 3 heteroatoms. The van der Waals surface area contributed by atoms with Gasteiger partial charge in [0, 0.05) is 6.42 Å². The second-order valence-corrected chi connectivity index (χ2v) is 4.71. The van der Waals surface area contributed by atoms with Crippen molar-refractivity contribution < 1.29 is 14.3 Å². The highest BCUT2D eigenvalue weighted by atomic mass is 16.5. The smallest absolute Gasteiger partial charge is 0.309 e. The van der Waals surface area contributed by atoms with Gasteiger partial charge < -0.3 is 9.53 Å². The highest BCUT2D eigenvalue weighted by molar-refractivity contribution is 5.75. The van der Waals surface area contributed by atoms with E-state index in [1.54, 1.807) is 6.92 Å². The molecule has 0 aromatic rings. The summed E-state index contributed by atoms with van der Waals surface area (Å²) in [5.74, 6) is 0.190. The van der Waals surface area contributed by atoms with E-state index in [9.17, 15) is 9.59 Å². The molecule has 0 heterocycles. The molecule has 0 saturated heterocycles. The standard InChI is InChI=1S/C14H26O3.3C2H6/c1-5-13(6-2)14(16)17-12(4)10-8-7-9-11(3)15;3*1-2/h12-13H,5-10H2,1-4H3;3*1-2H3. The van der Waals surface area contributed by atoms with Gasteiger partial charge in [-0.1, -0.05) is 55.4 Å². The molecular weight excluding hydrogens is 288 g/mol. The van der Waals surface area contributed by atoms with Crippen LogP contribution >= 0.6 is 0 Å². The number of carbonyl (C=O) groups excluding carboxylic acids is 2. The minimum absolute atomic E-state index is 0.0324. The first kappa shape index (κ1) is 30.1. The van der Waals surface area contributed by atoms with Crippen LogP contribution in [0.4, 0.5) is 0 Å². The van der Waals surface area contributed by atoms with Crippen LogP contribution in [0.3, 0.4) is 0 Å². The third-order valence-electron chi connectivity index (χ3n) is 3.03. The minimum atomic E-state index is -0.0749. The summed E-state index contributed by atoms with van der Waals surface area (Å²) >= 11 is 0. The molecule has 3 nitrogen and oxygen atoms in total. The van der Waals surface area contributed by atoms with Crippen molar-refractivity contribution in [3.8, 4) is 0 Å². The van der Waals surface area contributed by atoms with Crippen molar-refractivity contribution in [3.05, 3.63) is 0 Å². The molecule has 1 unspecified atom stereocenters. The van der Waals surface area contributed by atoms with E-state index in [0.717, 1.165) is 32.1 Å². The van der Waals surface area contributed by atoms with Gasteiger partial charge in [0.2, 0.25) is 0 Å². The zero-order valence-electron chi connectivity index (χ0n) is 17.6. The van der Waals surface area contributed by atoms with Gasteiger partial charge in [-0.25, -0.2) is 0 Å². The summed E-state index contributed by atoms with van der Waals surface area (Å²) in [5, 5.41) is 0. The van der Waals surface area contributed by atoms with E-state index in [1.807, 2.05) is 62.3 Å². The van der Waals surface area contributed by atoms with Crippen molar-refractivity contribution in [2.24, 2.45) is 5.92 Å². The summed E-state index contributed by atoms with van der Waals surface area (Å²) in [6, 6.07) is 0. The molecular formula is C20H44O3. The molecule has 0 N–H and O–H groups in total. The molecule has 0 aliphatic rings. The van der Waals surface area contributed by atoms with Gasteiger partial charge in [-0.15, -0.1) is 0 Å². The molecule has 0 saturated carbocycles. The van der Waals surface area contributed by atoms with E-state index in [0.29, 0.717) is 6.42 Å². The van der Waals surface area contributed by atoms with Gasteiger partial charge in [0.05, 0.1) is 12.0 Å². The molecule has 0 radical (unpaired) electrons. The van der Waals surface area contributed by atoms with Crippen LogP contribution in [0.25, 0.3) is 0 Å². The normalized spacial score (nSPS) is 10.0.